The molecule has 0 saturated carbocycles. The summed E-state index contributed by atoms with van der Waals surface area (Å²) >= 11 is 9.31. The topological polar surface area (TPSA) is 53.3 Å². The van der Waals surface area contributed by atoms with Crippen LogP contribution in [0.3, 0.4) is 0 Å². The highest BCUT2D eigenvalue weighted by Crippen LogP contribution is 2.42. The van der Waals surface area contributed by atoms with E-state index in [1.165, 1.54) is 0 Å². The van der Waals surface area contributed by atoms with Crippen molar-refractivity contribution in [1.82, 2.24) is 14.9 Å². The van der Waals surface area contributed by atoms with E-state index in [4.69, 9.17) is 12.2 Å². The Morgan fingerprint density at radius 3 is 2.35 bits per heavy atom. The van der Waals surface area contributed by atoms with Gasteiger partial charge in [0.25, 0.3) is 0 Å². The van der Waals surface area contributed by atoms with Gasteiger partial charge in [0, 0.05) is 33.9 Å². The third-order valence-corrected chi connectivity index (χ3v) is 6.26. The van der Waals surface area contributed by atoms with Crippen LogP contribution in [0.25, 0.3) is 5.69 Å². The van der Waals surface area contributed by atoms with E-state index in [2.05, 4.69) is 53.9 Å². The van der Waals surface area contributed by atoms with E-state index in [-0.39, 0.29) is 17.8 Å². The van der Waals surface area contributed by atoms with E-state index < -0.39 is 0 Å². The number of rotatable bonds is 4. The molecule has 2 aromatic carbocycles. The molecule has 1 saturated heterocycles. The van der Waals surface area contributed by atoms with Gasteiger partial charge in [-0.2, -0.15) is 0 Å². The van der Waals surface area contributed by atoms with Crippen LogP contribution >= 0.6 is 28.1 Å². The maximum Gasteiger partial charge on any atom is 0.174 e. The zero-order chi connectivity index (χ0) is 21.4. The van der Waals surface area contributed by atoms with Crippen molar-refractivity contribution in [3.8, 4) is 11.4 Å². The van der Waals surface area contributed by atoms with Gasteiger partial charge >= 0.3 is 0 Å². The second kappa shape index (κ2) is 8.17. The van der Waals surface area contributed by atoms with Gasteiger partial charge in [-0.25, -0.2) is 0 Å². The Bertz CT molecular complexity index is 1210. The average molecular weight is 491 g/mol. The number of hydrogen-bond acceptors (Lipinski definition) is 3. The molecule has 3 heterocycles. The Hall–Kier alpha value is -3.16. The lowest BCUT2D eigenvalue weighted by molar-refractivity contribution is 0.475. The molecule has 2 N–H and O–H groups in total. The van der Waals surface area contributed by atoms with E-state index >= 15 is 0 Å². The molecule has 0 amide bonds. The fraction of sp³-hybridized carbons (Fsp3) is 0.0833. The number of nitrogens with one attached hydrogen (secondary N) is 1. The summed E-state index contributed by atoms with van der Waals surface area (Å²) in [6, 6.07) is 25.2. The summed E-state index contributed by atoms with van der Waals surface area (Å²) < 4.78 is 3.14. The third kappa shape index (κ3) is 3.71. The Morgan fingerprint density at radius 1 is 0.903 bits per heavy atom. The van der Waals surface area contributed by atoms with Crippen molar-refractivity contribution in [2.24, 2.45) is 0 Å². The molecule has 0 unspecified atom stereocenters. The van der Waals surface area contributed by atoms with Crippen LogP contribution in [-0.2, 0) is 0 Å². The van der Waals surface area contributed by atoms with Crippen molar-refractivity contribution in [2.75, 3.05) is 4.90 Å². The summed E-state index contributed by atoms with van der Waals surface area (Å²) in [7, 11) is 0. The molecular formula is C24H19BrN4OS. The Kier molecular flexibility index (Phi) is 5.21. The normalized spacial score (nSPS) is 18.2. The molecule has 5 nitrogen and oxygen atoms in total. The van der Waals surface area contributed by atoms with Crippen molar-refractivity contribution < 1.29 is 5.11 Å². The number of nitrogens with zero attached hydrogens (tertiary/aromatic N) is 3. The molecule has 0 bridgehead atoms. The SMILES string of the molecule is Oc1ccc(-n2cccc2[C@H]2[C@@H](c3ccccn3)NC(=S)N2c2ccc(Br)cc2)cc1. The molecule has 4 aromatic rings. The zero-order valence-electron chi connectivity index (χ0n) is 16.4. The maximum absolute atomic E-state index is 9.72. The zero-order valence-corrected chi connectivity index (χ0v) is 18.8. The molecule has 2 atom stereocenters. The molecule has 0 radical (unpaired) electrons. The minimum absolute atomic E-state index is 0.118. The van der Waals surface area contributed by atoms with E-state index in [9.17, 15) is 5.11 Å². The second-order valence-electron chi connectivity index (χ2n) is 7.29. The quantitative estimate of drug-likeness (QED) is 0.369. The van der Waals surface area contributed by atoms with Gasteiger partial charge in [0.15, 0.2) is 5.11 Å². The molecule has 7 heteroatoms. The minimum Gasteiger partial charge on any atom is -0.508 e. The van der Waals surface area contributed by atoms with Crippen LogP contribution in [0.5, 0.6) is 5.75 Å². The summed E-state index contributed by atoms with van der Waals surface area (Å²) in [5.74, 6) is 0.240. The smallest absolute Gasteiger partial charge is 0.174 e. The summed E-state index contributed by atoms with van der Waals surface area (Å²) in [4.78, 5) is 6.76. The molecule has 154 valence electrons. The molecule has 1 fully saturated rings. The highest BCUT2D eigenvalue weighted by molar-refractivity contribution is 9.10. The monoisotopic (exact) mass is 490 g/mol. The number of hydrogen-bond donors (Lipinski definition) is 2. The van der Waals surface area contributed by atoms with Crippen LogP contribution in [0.2, 0.25) is 0 Å². The van der Waals surface area contributed by atoms with Gasteiger partial charge < -0.3 is 19.9 Å². The summed E-state index contributed by atoms with van der Waals surface area (Å²) in [5.41, 5.74) is 3.96. The van der Waals surface area contributed by atoms with E-state index in [1.807, 2.05) is 54.7 Å². The predicted octanol–water partition coefficient (Wildman–Crippen LogP) is 5.52. The number of thiocarbonyl (C=S) groups is 1. The molecule has 31 heavy (non-hydrogen) atoms. The van der Waals surface area contributed by atoms with Gasteiger partial charge in [-0.15, -0.1) is 0 Å². The van der Waals surface area contributed by atoms with Crippen molar-refractivity contribution >= 4 is 38.9 Å². The largest absolute Gasteiger partial charge is 0.508 e. The fourth-order valence-electron chi connectivity index (χ4n) is 4.02. The van der Waals surface area contributed by atoms with Gasteiger partial charge in [-0.1, -0.05) is 22.0 Å². The molecular weight excluding hydrogens is 472 g/mol. The van der Waals surface area contributed by atoms with Crippen LogP contribution in [0.15, 0.2) is 95.7 Å². The number of aromatic hydroxyl groups is 1. The highest BCUT2D eigenvalue weighted by atomic mass is 79.9. The van der Waals surface area contributed by atoms with E-state index in [1.54, 1.807) is 18.3 Å². The first-order valence-corrected chi connectivity index (χ1v) is 11.0. The lowest BCUT2D eigenvalue weighted by atomic mass is 10.0. The summed E-state index contributed by atoms with van der Waals surface area (Å²) in [6.07, 6.45) is 3.83. The summed E-state index contributed by atoms with van der Waals surface area (Å²) in [6.45, 7) is 0. The number of aromatic nitrogens is 2. The van der Waals surface area contributed by atoms with Crippen LogP contribution < -0.4 is 10.2 Å². The van der Waals surface area contributed by atoms with Crippen molar-refractivity contribution in [3.63, 3.8) is 0 Å². The maximum atomic E-state index is 9.72. The minimum atomic E-state index is -0.122. The fourth-order valence-corrected chi connectivity index (χ4v) is 4.63. The standard InChI is InChI=1S/C24H19BrN4OS/c25-16-6-8-18(9-7-16)29-23(22(27-24(29)31)20-4-1-2-14-26-20)21-5-3-15-28(21)17-10-12-19(30)13-11-17/h1-15,22-23,30H,(H,27,31)/t22-,23+/m1/s1. The first kappa shape index (κ1) is 19.8. The Labute approximate surface area is 194 Å². The average Bonchev–Trinajstić information content (AvgIpc) is 3.40. The number of benzene rings is 2. The third-order valence-electron chi connectivity index (χ3n) is 5.41. The van der Waals surface area contributed by atoms with Gasteiger partial charge in [-0.05, 0) is 85.0 Å². The molecule has 1 aliphatic rings. The lowest BCUT2D eigenvalue weighted by Gasteiger charge is -2.29. The van der Waals surface area contributed by atoms with Crippen LogP contribution in [-0.4, -0.2) is 19.8 Å². The van der Waals surface area contributed by atoms with Crippen molar-refractivity contribution in [2.45, 2.75) is 12.1 Å². The van der Waals surface area contributed by atoms with Crippen molar-refractivity contribution in [1.29, 1.82) is 0 Å². The molecule has 1 aliphatic heterocycles. The second-order valence-corrected chi connectivity index (χ2v) is 8.59. The van der Waals surface area contributed by atoms with Gasteiger partial charge in [0.05, 0.1) is 11.7 Å². The predicted molar refractivity (Wildman–Crippen MR) is 130 cm³/mol. The van der Waals surface area contributed by atoms with Gasteiger partial charge in [0.1, 0.15) is 11.8 Å². The number of phenolic OH excluding ortho intramolecular Hbond substituents is 1. The van der Waals surface area contributed by atoms with E-state index in [0.29, 0.717) is 5.11 Å². The molecule has 0 aliphatic carbocycles. The number of pyridine rings is 1. The Balaban J connectivity index is 1.66. The first-order chi connectivity index (χ1) is 15.1. The van der Waals surface area contributed by atoms with E-state index in [0.717, 1.165) is 27.2 Å². The lowest BCUT2D eigenvalue weighted by Crippen LogP contribution is -2.30. The highest BCUT2D eigenvalue weighted by Gasteiger charge is 2.42. The van der Waals surface area contributed by atoms with Crippen molar-refractivity contribution in [3.05, 3.63) is 107 Å². The number of halogens is 1. The number of phenols is 1. The van der Waals surface area contributed by atoms with Gasteiger partial charge in [0.2, 0.25) is 0 Å². The first-order valence-electron chi connectivity index (χ1n) is 9.85. The summed E-state index contributed by atoms with van der Waals surface area (Å²) in [5, 5.41) is 13.9. The van der Waals surface area contributed by atoms with Crippen LogP contribution in [0, 0.1) is 0 Å². The van der Waals surface area contributed by atoms with Gasteiger partial charge in [-0.3, -0.25) is 4.98 Å². The number of anilines is 1. The molecule has 2 aromatic heterocycles. The van der Waals surface area contributed by atoms with Crippen LogP contribution in [0.1, 0.15) is 23.5 Å². The molecule has 5 rings (SSSR count). The molecule has 0 spiro atoms. The van der Waals surface area contributed by atoms with Crippen LogP contribution in [0.4, 0.5) is 5.69 Å². The Morgan fingerprint density at radius 2 is 1.65 bits per heavy atom.